The Labute approximate surface area is 125 Å². The number of carbonyl (C=O) groups excluding carboxylic acids is 1. The summed E-state index contributed by atoms with van der Waals surface area (Å²) < 4.78 is 37.1. The van der Waals surface area contributed by atoms with Crippen LogP contribution in [-0.4, -0.2) is 33.9 Å². The summed E-state index contributed by atoms with van der Waals surface area (Å²) in [6.45, 7) is -1.37. The predicted molar refractivity (Wildman–Crippen MR) is 74.6 cm³/mol. The molecule has 0 unspecified atom stereocenters. The third kappa shape index (κ3) is 3.97. The molecule has 0 aliphatic heterocycles. The van der Waals surface area contributed by atoms with Crippen molar-refractivity contribution in [3.8, 4) is 0 Å². The predicted octanol–water partition coefficient (Wildman–Crippen LogP) is 1.77. The van der Waals surface area contributed by atoms with Crippen LogP contribution in [0.15, 0.2) is 21.4 Å². The molecule has 1 amide bonds. The summed E-state index contributed by atoms with van der Waals surface area (Å²) in [5.41, 5.74) is -0.251. The van der Waals surface area contributed by atoms with Crippen molar-refractivity contribution in [1.82, 2.24) is 14.9 Å². The van der Waals surface area contributed by atoms with Gasteiger partial charge in [0.05, 0.1) is 11.1 Å². The quantitative estimate of drug-likeness (QED) is 0.682. The van der Waals surface area contributed by atoms with Gasteiger partial charge in [0.1, 0.15) is 11.4 Å². The van der Waals surface area contributed by atoms with Gasteiger partial charge in [-0.2, -0.15) is 13.2 Å². The molecule has 114 valence electrons. The molecule has 0 aliphatic rings. The Morgan fingerprint density at radius 3 is 2.90 bits per heavy atom. The Balaban J connectivity index is 2.05. The molecule has 2 aromatic rings. The first-order valence-corrected chi connectivity index (χ1v) is 7.55. The summed E-state index contributed by atoms with van der Waals surface area (Å²) in [7, 11) is 1.50. The van der Waals surface area contributed by atoms with Gasteiger partial charge in [-0.25, -0.2) is 4.98 Å². The lowest BCUT2D eigenvalue weighted by Crippen LogP contribution is -2.34. The fourth-order valence-electron chi connectivity index (χ4n) is 1.49. The van der Waals surface area contributed by atoms with Gasteiger partial charge in [-0.1, -0.05) is 11.8 Å². The fraction of sp³-hybridized carbons (Fsp3) is 0.364. The number of nitrogens with one attached hydrogen (secondary N) is 1. The molecule has 10 heteroatoms. The highest BCUT2D eigenvalue weighted by Gasteiger charge is 2.27. The number of alkyl halides is 3. The zero-order valence-electron chi connectivity index (χ0n) is 10.7. The number of hydrogen-bond donors (Lipinski definition) is 1. The molecular weight excluding hydrogens is 327 g/mol. The van der Waals surface area contributed by atoms with Crippen molar-refractivity contribution in [2.45, 2.75) is 11.3 Å². The lowest BCUT2D eigenvalue weighted by molar-refractivity contribution is -0.136. The van der Waals surface area contributed by atoms with E-state index in [0.29, 0.717) is 10.2 Å². The van der Waals surface area contributed by atoms with E-state index in [9.17, 15) is 22.8 Å². The molecule has 0 atom stereocenters. The molecule has 0 aliphatic carbocycles. The summed E-state index contributed by atoms with van der Waals surface area (Å²) in [5.74, 6) is -1.01. The molecule has 2 heterocycles. The molecule has 0 saturated carbocycles. The second-order valence-corrected chi connectivity index (χ2v) is 5.92. The van der Waals surface area contributed by atoms with Crippen molar-refractivity contribution in [1.29, 1.82) is 0 Å². The van der Waals surface area contributed by atoms with Crippen LogP contribution in [0, 0.1) is 0 Å². The summed E-state index contributed by atoms with van der Waals surface area (Å²) in [6, 6.07) is 1.65. The number of halogens is 3. The topological polar surface area (TPSA) is 64.0 Å². The summed E-state index contributed by atoms with van der Waals surface area (Å²) >= 11 is 2.20. The van der Waals surface area contributed by atoms with Crippen LogP contribution in [0.4, 0.5) is 13.2 Å². The average Bonchev–Trinajstić information content (AvgIpc) is 2.86. The molecule has 21 heavy (non-hydrogen) atoms. The number of thioether (sulfide) groups is 1. The Hall–Kier alpha value is -1.55. The minimum Gasteiger partial charge on any atom is -0.346 e. The van der Waals surface area contributed by atoms with E-state index < -0.39 is 18.6 Å². The van der Waals surface area contributed by atoms with Crippen LogP contribution in [0.1, 0.15) is 0 Å². The maximum atomic E-state index is 12.0. The largest absolute Gasteiger partial charge is 0.405 e. The number of amides is 1. The summed E-state index contributed by atoms with van der Waals surface area (Å²) in [4.78, 5) is 28.1. The monoisotopic (exact) mass is 337 g/mol. The number of aromatic nitrogens is 2. The zero-order chi connectivity index (χ0) is 15.6. The number of carbonyl (C=O) groups is 1. The summed E-state index contributed by atoms with van der Waals surface area (Å²) in [5, 5.41) is 4.26. The molecule has 0 aromatic carbocycles. The van der Waals surface area contributed by atoms with Gasteiger partial charge < -0.3 is 5.32 Å². The Bertz CT molecular complexity index is 724. The van der Waals surface area contributed by atoms with Crippen LogP contribution in [0.2, 0.25) is 0 Å². The molecule has 0 fully saturated rings. The standard InChI is InChI=1S/C11H10F3N3O2S2/c1-17-9(19)6-2-3-20-8(6)16-10(17)21-4-7(18)15-5-11(12,13)14/h2-3H,4-5H2,1H3,(H,15,18). The Kier molecular flexibility index (Phi) is 4.57. The highest BCUT2D eigenvalue weighted by Crippen LogP contribution is 2.20. The van der Waals surface area contributed by atoms with E-state index >= 15 is 0 Å². The second kappa shape index (κ2) is 6.06. The van der Waals surface area contributed by atoms with Gasteiger partial charge >= 0.3 is 6.18 Å². The second-order valence-electron chi connectivity index (χ2n) is 4.08. The minimum atomic E-state index is -4.44. The lowest BCUT2D eigenvalue weighted by atomic mass is 10.4. The summed E-state index contributed by atoms with van der Waals surface area (Å²) in [6.07, 6.45) is -4.44. The maximum Gasteiger partial charge on any atom is 0.405 e. The van der Waals surface area contributed by atoms with E-state index in [4.69, 9.17) is 0 Å². The molecule has 5 nitrogen and oxygen atoms in total. The van der Waals surface area contributed by atoms with Crippen LogP contribution >= 0.6 is 23.1 Å². The highest BCUT2D eigenvalue weighted by molar-refractivity contribution is 7.99. The van der Waals surface area contributed by atoms with Crippen molar-refractivity contribution >= 4 is 39.2 Å². The van der Waals surface area contributed by atoms with Crippen LogP contribution in [-0.2, 0) is 11.8 Å². The number of hydrogen-bond acceptors (Lipinski definition) is 5. The van der Waals surface area contributed by atoms with Crippen molar-refractivity contribution in [3.63, 3.8) is 0 Å². The zero-order valence-corrected chi connectivity index (χ0v) is 12.4. The number of nitrogens with zero attached hydrogens (tertiary/aromatic N) is 2. The molecule has 1 N–H and O–H groups in total. The lowest BCUT2D eigenvalue weighted by Gasteiger charge is -2.09. The van der Waals surface area contributed by atoms with Crippen LogP contribution in [0.25, 0.3) is 10.2 Å². The third-order valence-corrected chi connectivity index (χ3v) is 4.32. The van der Waals surface area contributed by atoms with Gasteiger partial charge in [0.2, 0.25) is 5.91 Å². The fourth-order valence-corrected chi connectivity index (χ4v) is 3.10. The normalized spacial score (nSPS) is 11.8. The van der Waals surface area contributed by atoms with Gasteiger partial charge in [-0.3, -0.25) is 14.2 Å². The van der Waals surface area contributed by atoms with Crippen LogP contribution < -0.4 is 10.9 Å². The molecular formula is C11H10F3N3O2S2. The van der Waals surface area contributed by atoms with Gasteiger partial charge in [0.25, 0.3) is 5.56 Å². The van der Waals surface area contributed by atoms with Crippen molar-refractivity contribution in [2.75, 3.05) is 12.3 Å². The molecule has 2 rings (SSSR count). The Morgan fingerprint density at radius 1 is 1.52 bits per heavy atom. The SMILES string of the molecule is Cn1c(SCC(=O)NCC(F)(F)F)nc2sccc2c1=O. The van der Waals surface area contributed by atoms with E-state index in [2.05, 4.69) is 4.98 Å². The first-order chi connectivity index (χ1) is 9.78. The average molecular weight is 337 g/mol. The van der Waals surface area contributed by atoms with Gasteiger partial charge in [-0.05, 0) is 11.4 Å². The maximum absolute atomic E-state index is 12.0. The van der Waals surface area contributed by atoms with Gasteiger partial charge in [0.15, 0.2) is 5.16 Å². The van der Waals surface area contributed by atoms with Crippen LogP contribution in [0.3, 0.4) is 0 Å². The van der Waals surface area contributed by atoms with Gasteiger partial charge in [-0.15, -0.1) is 11.3 Å². The van der Waals surface area contributed by atoms with E-state index in [1.165, 1.54) is 23.0 Å². The first-order valence-electron chi connectivity index (χ1n) is 5.68. The highest BCUT2D eigenvalue weighted by atomic mass is 32.2. The Morgan fingerprint density at radius 2 is 2.24 bits per heavy atom. The smallest absolute Gasteiger partial charge is 0.346 e. The molecule has 2 aromatic heterocycles. The first kappa shape index (κ1) is 15.8. The van der Waals surface area contributed by atoms with Gasteiger partial charge in [0, 0.05) is 7.05 Å². The minimum absolute atomic E-state index is 0.243. The molecule has 0 saturated heterocycles. The van der Waals surface area contributed by atoms with Crippen molar-refractivity contribution < 1.29 is 18.0 Å². The van der Waals surface area contributed by atoms with Crippen molar-refractivity contribution in [2.24, 2.45) is 7.05 Å². The van der Waals surface area contributed by atoms with E-state index in [0.717, 1.165) is 11.8 Å². The number of thiophene rings is 1. The van der Waals surface area contributed by atoms with E-state index in [-0.39, 0.29) is 16.5 Å². The molecule has 0 spiro atoms. The van der Waals surface area contributed by atoms with E-state index in [1.807, 2.05) is 0 Å². The van der Waals surface area contributed by atoms with E-state index in [1.54, 1.807) is 16.8 Å². The van der Waals surface area contributed by atoms with Crippen molar-refractivity contribution in [3.05, 3.63) is 21.8 Å². The van der Waals surface area contributed by atoms with Crippen LogP contribution in [0.5, 0.6) is 0 Å². The number of fused-ring (bicyclic) bond motifs is 1. The third-order valence-electron chi connectivity index (χ3n) is 2.48. The molecule has 0 radical (unpaired) electrons. The molecule has 0 bridgehead atoms. The number of rotatable bonds is 4.